The zero-order chi connectivity index (χ0) is 12.1. The van der Waals surface area contributed by atoms with Gasteiger partial charge in [-0.3, -0.25) is 14.9 Å². The largest absolute Gasteiger partial charge is 0.460 e. The highest BCUT2D eigenvalue weighted by atomic mass is 16.6. The first-order valence-electron chi connectivity index (χ1n) is 4.46. The van der Waals surface area contributed by atoms with Crippen LogP contribution in [0.4, 0.5) is 0 Å². The van der Waals surface area contributed by atoms with Gasteiger partial charge in [0.25, 0.3) is 6.47 Å². The summed E-state index contributed by atoms with van der Waals surface area (Å²) in [5.41, 5.74) is 8.76. The van der Waals surface area contributed by atoms with Crippen molar-refractivity contribution in [3.63, 3.8) is 0 Å². The van der Waals surface area contributed by atoms with Crippen molar-refractivity contribution in [2.45, 2.75) is 19.4 Å². The van der Waals surface area contributed by atoms with E-state index in [1.54, 1.807) is 13.0 Å². The van der Waals surface area contributed by atoms with Crippen LogP contribution in [0.5, 0.6) is 0 Å². The molecule has 0 aromatic heterocycles. The van der Waals surface area contributed by atoms with Crippen molar-refractivity contribution in [1.82, 2.24) is 0 Å². The molecule has 0 fully saturated rings. The van der Waals surface area contributed by atoms with E-state index in [4.69, 9.17) is 5.53 Å². The number of hydrogen-bond donors (Lipinski definition) is 0. The number of carbonyl (C=O) groups excluding carboxylic acids is 1. The monoisotopic (exact) mass is 223 g/mol. The lowest BCUT2D eigenvalue weighted by molar-refractivity contribution is -0.417. The molecule has 0 saturated heterocycles. The summed E-state index contributed by atoms with van der Waals surface area (Å²) < 4.78 is 4.66. The Kier molecular flexibility index (Phi) is 3.68. The maximum absolute atomic E-state index is 10.7. The van der Waals surface area contributed by atoms with Crippen LogP contribution >= 0.6 is 0 Å². The molecule has 7 nitrogen and oxygen atoms in total. The highest BCUT2D eigenvalue weighted by molar-refractivity contribution is 5.96. The zero-order valence-electron chi connectivity index (χ0n) is 8.49. The van der Waals surface area contributed by atoms with Crippen molar-refractivity contribution in [3.05, 3.63) is 39.1 Å². The van der Waals surface area contributed by atoms with E-state index in [9.17, 15) is 14.9 Å². The zero-order valence-corrected chi connectivity index (χ0v) is 8.49. The molecular weight excluding hydrogens is 214 g/mol. The van der Waals surface area contributed by atoms with Crippen LogP contribution < -0.4 is 0 Å². The van der Waals surface area contributed by atoms with Crippen LogP contribution in [0.15, 0.2) is 23.4 Å². The molecule has 1 aliphatic carbocycles. The maximum atomic E-state index is 10.7. The van der Waals surface area contributed by atoms with Gasteiger partial charge in [0.1, 0.15) is 6.10 Å². The molecule has 0 aromatic rings. The molecule has 16 heavy (non-hydrogen) atoms. The van der Waals surface area contributed by atoms with Crippen molar-refractivity contribution in [3.8, 4) is 0 Å². The Labute approximate surface area is 90.8 Å². The molecule has 1 atom stereocenters. The summed E-state index contributed by atoms with van der Waals surface area (Å²) in [4.78, 5) is 23.0. The predicted octanol–water partition coefficient (Wildman–Crippen LogP) is 0.709. The Bertz CT molecular complexity index is 432. The van der Waals surface area contributed by atoms with Gasteiger partial charge < -0.3 is 10.3 Å². The van der Waals surface area contributed by atoms with Gasteiger partial charge in [0.2, 0.25) is 0 Å². The first-order valence-corrected chi connectivity index (χ1v) is 4.46. The topological polar surface area (TPSA) is 106 Å². The van der Waals surface area contributed by atoms with Gasteiger partial charge in [-0.2, -0.15) is 4.79 Å². The number of carbonyl (C=O) groups is 1. The number of nitro groups is 1. The molecule has 1 unspecified atom stereocenters. The Hall–Kier alpha value is -2.27. The van der Waals surface area contributed by atoms with Crippen molar-refractivity contribution in [1.29, 1.82) is 0 Å². The molecule has 1 aliphatic rings. The van der Waals surface area contributed by atoms with Crippen LogP contribution in [0, 0.1) is 10.1 Å². The Morgan fingerprint density at radius 2 is 2.44 bits per heavy atom. The third-order valence-corrected chi connectivity index (χ3v) is 2.18. The SMILES string of the molecule is CC(OC=O)C1=CCC(=[N+]=[N-])C([N+](=O)[O-])=C1. The highest BCUT2D eigenvalue weighted by Crippen LogP contribution is 2.18. The van der Waals surface area contributed by atoms with Gasteiger partial charge in [0, 0.05) is 6.08 Å². The molecule has 1 rings (SSSR count). The molecule has 0 saturated carbocycles. The van der Waals surface area contributed by atoms with Crippen LogP contribution in [0.1, 0.15) is 13.3 Å². The molecule has 0 N–H and O–H groups in total. The van der Waals surface area contributed by atoms with E-state index in [1.807, 2.05) is 0 Å². The molecule has 0 spiro atoms. The minimum Gasteiger partial charge on any atom is -0.460 e. The van der Waals surface area contributed by atoms with E-state index >= 15 is 0 Å². The van der Waals surface area contributed by atoms with Gasteiger partial charge >= 0.3 is 11.4 Å². The average molecular weight is 223 g/mol. The minimum absolute atomic E-state index is 0.0212. The normalized spacial score (nSPS) is 16.7. The molecule has 0 amide bonds. The summed E-state index contributed by atoms with van der Waals surface area (Å²) in [6.45, 7) is 1.87. The quantitative estimate of drug-likeness (QED) is 0.230. The highest BCUT2D eigenvalue weighted by Gasteiger charge is 2.31. The fourth-order valence-electron chi connectivity index (χ4n) is 1.31. The van der Waals surface area contributed by atoms with Gasteiger partial charge in [0.15, 0.2) is 0 Å². The van der Waals surface area contributed by atoms with E-state index in [0.29, 0.717) is 5.57 Å². The fourth-order valence-corrected chi connectivity index (χ4v) is 1.31. The van der Waals surface area contributed by atoms with Gasteiger partial charge in [0.05, 0.1) is 11.3 Å². The smallest absolute Gasteiger partial charge is 0.372 e. The number of rotatable bonds is 4. The summed E-state index contributed by atoms with van der Waals surface area (Å²) in [5.74, 6) is 0. The van der Waals surface area contributed by atoms with Crippen LogP contribution in [0.3, 0.4) is 0 Å². The second kappa shape index (κ2) is 4.99. The Morgan fingerprint density at radius 3 is 2.94 bits per heavy atom. The van der Waals surface area contributed by atoms with E-state index in [0.717, 1.165) is 0 Å². The van der Waals surface area contributed by atoms with Gasteiger partial charge in [-0.05, 0) is 12.5 Å². The van der Waals surface area contributed by atoms with Crippen molar-refractivity contribution < 1.29 is 19.2 Å². The predicted molar refractivity (Wildman–Crippen MR) is 53.0 cm³/mol. The third-order valence-electron chi connectivity index (χ3n) is 2.18. The summed E-state index contributed by atoms with van der Waals surface area (Å²) in [6.07, 6.45) is 2.40. The van der Waals surface area contributed by atoms with Crippen LogP contribution in [-0.4, -0.2) is 28.0 Å². The number of hydrogen-bond acceptors (Lipinski definition) is 4. The molecule has 84 valence electrons. The lowest BCUT2D eigenvalue weighted by Crippen LogP contribution is -2.19. The second-order valence-electron chi connectivity index (χ2n) is 3.12. The summed E-state index contributed by atoms with van der Waals surface area (Å²) in [5, 5.41) is 10.7. The first kappa shape index (κ1) is 11.8. The number of allylic oxidation sites excluding steroid dienone is 2. The number of ether oxygens (including phenoxy) is 1. The summed E-state index contributed by atoms with van der Waals surface area (Å²) >= 11 is 0. The van der Waals surface area contributed by atoms with Crippen molar-refractivity contribution in [2.24, 2.45) is 0 Å². The summed E-state index contributed by atoms with van der Waals surface area (Å²) in [6, 6.07) is 0. The standard InChI is InChI=1S/C9H9N3O4/c1-6(16-5-13)7-2-3-8(11-10)9(4-7)12(14)15/h2,4-6H,3H2,1H3. The van der Waals surface area contributed by atoms with Crippen LogP contribution in [-0.2, 0) is 9.53 Å². The lowest BCUT2D eigenvalue weighted by atomic mass is 9.99. The third kappa shape index (κ3) is 2.40. The minimum atomic E-state index is -0.643. The Balaban J connectivity index is 3.02. The molecule has 0 aromatic carbocycles. The summed E-state index contributed by atoms with van der Waals surface area (Å²) in [7, 11) is 0. The van der Waals surface area contributed by atoms with Crippen LogP contribution in [0.2, 0.25) is 0 Å². The first-order chi connectivity index (χ1) is 7.60. The number of nitrogens with zero attached hydrogens (tertiary/aromatic N) is 3. The molecule has 0 radical (unpaired) electrons. The van der Waals surface area contributed by atoms with Gasteiger partial charge in [-0.1, -0.05) is 6.08 Å². The van der Waals surface area contributed by atoms with E-state index in [1.165, 1.54) is 6.08 Å². The van der Waals surface area contributed by atoms with E-state index in [-0.39, 0.29) is 24.3 Å². The fraction of sp³-hybridized carbons (Fsp3) is 0.333. The van der Waals surface area contributed by atoms with E-state index < -0.39 is 11.0 Å². The molecule has 0 bridgehead atoms. The van der Waals surface area contributed by atoms with Crippen molar-refractivity contribution in [2.75, 3.05) is 0 Å². The second-order valence-corrected chi connectivity index (χ2v) is 3.12. The molecule has 0 heterocycles. The Morgan fingerprint density at radius 1 is 1.75 bits per heavy atom. The van der Waals surface area contributed by atoms with Crippen LogP contribution in [0.25, 0.3) is 5.53 Å². The average Bonchev–Trinajstić information content (AvgIpc) is 2.28. The molecular formula is C9H9N3O4. The lowest BCUT2D eigenvalue weighted by Gasteiger charge is -2.12. The van der Waals surface area contributed by atoms with E-state index in [2.05, 4.69) is 9.53 Å². The van der Waals surface area contributed by atoms with Gasteiger partial charge in [-0.25, -0.2) is 0 Å². The van der Waals surface area contributed by atoms with Crippen molar-refractivity contribution >= 4 is 12.2 Å². The molecule has 0 aliphatic heterocycles. The van der Waals surface area contributed by atoms with Gasteiger partial charge in [-0.15, -0.1) is 0 Å². The molecule has 7 heteroatoms. The maximum Gasteiger partial charge on any atom is 0.372 e.